The van der Waals surface area contributed by atoms with Crippen LogP contribution in [0.3, 0.4) is 0 Å². The van der Waals surface area contributed by atoms with Crippen molar-refractivity contribution in [1.82, 2.24) is 9.88 Å². The molecule has 182 valence electrons. The van der Waals surface area contributed by atoms with E-state index in [2.05, 4.69) is 16.8 Å². The molecule has 1 atom stereocenters. The third-order valence-electron chi connectivity index (χ3n) is 7.92. The highest BCUT2D eigenvalue weighted by Gasteiger charge is 2.28. The van der Waals surface area contributed by atoms with Crippen molar-refractivity contribution < 1.29 is 9.21 Å². The Hall–Kier alpha value is -2.18. The van der Waals surface area contributed by atoms with Crippen LogP contribution < -0.4 is 5.73 Å². The summed E-state index contributed by atoms with van der Waals surface area (Å²) >= 11 is 1.69. The Kier molecular flexibility index (Phi) is 7.35. The van der Waals surface area contributed by atoms with Gasteiger partial charge in [-0.25, -0.2) is 4.98 Å². The summed E-state index contributed by atoms with van der Waals surface area (Å²) in [7, 11) is 0. The van der Waals surface area contributed by atoms with Crippen molar-refractivity contribution in [2.24, 2.45) is 11.8 Å². The van der Waals surface area contributed by atoms with E-state index in [0.717, 1.165) is 47.7 Å². The third kappa shape index (κ3) is 5.38. The van der Waals surface area contributed by atoms with Crippen LogP contribution in [0, 0.1) is 11.8 Å². The highest BCUT2D eigenvalue weighted by molar-refractivity contribution is 7.15. The van der Waals surface area contributed by atoms with Crippen LogP contribution in [-0.4, -0.2) is 34.8 Å². The van der Waals surface area contributed by atoms with E-state index in [1.54, 1.807) is 11.3 Å². The average molecular weight is 480 g/mol. The lowest BCUT2D eigenvalue weighted by molar-refractivity contribution is 0.0912. The third-order valence-corrected chi connectivity index (χ3v) is 8.87. The molecule has 2 aromatic heterocycles. The van der Waals surface area contributed by atoms with Gasteiger partial charge < -0.3 is 15.1 Å². The van der Waals surface area contributed by atoms with Gasteiger partial charge in [0.1, 0.15) is 5.58 Å². The average Bonchev–Trinajstić information content (AvgIpc) is 3.45. The number of Topliss-reactive ketones (excluding diaryl/α,β-unsaturated/α-hetero) is 1. The van der Waals surface area contributed by atoms with Crippen LogP contribution in [0.2, 0.25) is 0 Å². The van der Waals surface area contributed by atoms with Gasteiger partial charge in [0, 0.05) is 22.7 Å². The van der Waals surface area contributed by atoms with Crippen molar-refractivity contribution in [2.75, 3.05) is 18.8 Å². The number of benzene rings is 1. The van der Waals surface area contributed by atoms with Gasteiger partial charge >= 0.3 is 0 Å². The van der Waals surface area contributed by atoms with Crippen LogP contribution in [0.15, 0.2) is 34.7 Å². The Morgan fingerprint density at radius 2 is 1.94 bits per heavy atom. The number of hydrogen-bond acceptors (Lipinski definition) is 6. The fourth-order valence-corrected chi connectivity index (χ4v) is 6.96. The maximum atomic E-state index is 12.8. The molecule has 3 aromatic rings. The number of ketones is 1. The van der Waals surface area contributed by atoms with Gasteiger partial charge in [0.05, 0.1) is 5.69 Å². The number of carbonyl (C=O) groups excluding carboxylic acids is 1. The first-order valence-electron chi connectivity index (χ1n) is 13.1. The number of para-hydroxylation sites is 1. The lowest BCUT2D eigenvalue weighted by atomic mass is 9.78. The molecular formula is C28H37N3O2S. The van der Waals surface area contributed by atoms with E-state index < -0.39 is 0 Å². The highest BCUT2D eigenvalue weighted by atomic mass is 32.1. The van der Waals surface area contributed by atoms with E-state index in [-0.39, 0.29) is 5.78 Å². The quantitative estimate of drug-likeness (QED) is 0.354. The van der Waals surface area contributed by atoms with Crippen LogP contribution in [0.5, 0.6) is 0 Å². The molecule has 0 spiro atoms. The summed E-state index contributed by atoms with van der Waals surface area (Å²) in [6.07, 6.45) is 11.3. The van der Waals surface area contributed by atoms with Crippen molar-refractivity contribution in [2.45, 2.75) is 77.2 Å². The number of thiazole rings is 1. The van der Waals surface area contributed by atoms with E-state index in [4.69, 9.17) is 10.2 Å². The molecule has 5 rings (SSSR count). The standard InChI is InChI=1S/C28H37N3O2S/c1-2-14-31(22-11-12-23-27(18-22)34-28(29)30-23)15-13-19-7-9-20(10-8-19)16-24(32)26-17-21-5-3-4-6-25(21)33-26/h3-6,17,19-20,22H,2,7-16,18H2,1H3,(H2,29,30)/t19?,20?,22-/m0/s1. The molecule has 0 unspecified atom stereocenters. The number of furan rings is 1. The predicted molar refractivity (Wildman–Crippen MR) is 139 cm³/mol. The van der Waals surface area contributed by atoms with Crippen molar-refractivity contribution in [3.8, 4) is 0 Å². The molecule has 34 heavy (non-hydrogen) atoms. The van der Waals surface area contributed by atoms with Crippen molar-refractivity contribution in [3.05, 3.63) is 46.7 Å². The van der Waals surface area contributed by atoms with Crippen LogP contribution in [0.1, 0.15) is 79.4 Å². The molecule has 2 aliphatic rings. The molecule has 1 fully saturated rings. The zero-order chi connectivity index (χ0) is 23.5. The van der Waals surface area contributed by atoms with Crippen molar-refractivity contribution >= 4 is 33.2 Å². The number of nitrogens with two attached hydrogens (primary N) is 1. The summed E-state index contributed by atoms with van der Waals surface area (Å²) in [5.74, 6) is 1.97. The van der Waals surface area contributed by atoms with Crippen LogP contribution in [0.25, 0.3) is 11.0 Å². The van der Waals surface area contributed by atoms with E-state index in [1.807, 2.05) is 30.3 Å². The largest absolute Gasteiger partial charge is 0.453 e. The number of carbonyl (C=O) groups is 1. The van der Waals surface area contributed by atoms with E-state index in [0.29, 0.717) is 24.1 Å². The second kappa shape index (κ2) is 10.6. The summed E-state index contributed by atoms with van der Waals surface area (Å²) < 4.78 is 5.80. The Morgan fingerprint density at radius 3 is 2.74 bits per heavy atom. The summed E-state index contributed by atoms with van der Waals surface area (Å²) in [5, 5.41) is 1.74. The SMILES string of the molecule is CCCN(CCC1CCC(CC(=O)c2cc3ccccc3o2)CC1)[C@H]1CCc2nc(N)sc2C1. The number of hydrogen-bond donors (Lipinski definition) is 1. The molecular weight excluding hydrogens is 442 g/mol. The van der Waals surface area contributed by atoms with E-state index >= 15 is 0 Å². The van der Waals surface area contributed by atoms with Gasteiger partial charge in [-0.05, 0) is 82.0 Å². The smallest absolute Gasteiger partial charge is 0.198 e. The molecule has 2 heterocycles. The molecule has 6 heteroatoms. The number of aryl methyl sites for hydroxylation is 1. The zero-order valence-electron chi connectivity index (χ0n) is 20.3. The molecule has 2 N–H and O–H groups in total. The second-order valence-electron chi connectivity index (χ2n) is 10.3. The van der Waals surface area contributed by atoms with E-state index in [1.165, 1.54) is 55.8 Å². The molecule has 0 bridgehead atoms. The number of anilines is 1. The molecule has 0 aliphatic heterocycles. The van der Waals surface area contributed by atoms with Gasteiger partial charge in [0.2, 0.25) is 0 Å². The van der Waals surface area contributed by atoms with Crippen molar-refractivity contribution in [1.29, 1.82) is 0 Å². The minimum absolute atomic E-state index is 0.161. The summed E-state index contributed by atoms with van der Waals surface area (Å²) in [6.45, 7) is 4.65. The van der Waals surface area contributed by atoms with Gasteiger partial charge in [-0.3, -0.25) is 4.79 Å². The fourth-order valence-electron chi connectivity index (χ4n) is 6.01. The van der Waals surface area contributed by atoms with Gasteiger partial charge in [-0.2, -0.15) is 0 Å². The summed E-state index contributed by atoms with van der Waals surface area (Å²) in [5.41, 5.74) is 8.00. The first kappa shape index (κ1) is 23.6. The molecule has 0 radical (unpaired) electrons. The first-order valence-corrected chi connectivity index (χ1v) is 13.9. The number of nitrogens with zero attached hydrogens (tertiary/aromatic N) is 2. The summed E-state index contributed by atoms with van der Waals surface area (Å²) in [6, 6.07) is 10.4. The Morgan fingerprint density at radius 1 is 1.15 bits per heavy atom. The van der Waals surface area contributed by atoms with Crippen LogP contribution in [0.4, 0.5) is 5.13 Å². The monoisotopic (exact) mass is 479 g/mol. The predicted octanol–water partition coefficient (Wildman–Crippen LogP) is 6.51. The number of rotatable bonds is 9. The second-order valence-corrected chi connectivity index (χ2v) is 11.4. The fraction of sp³-hybridized carbons (Fsp3) is 0.571. The Labute approximate surface area is 206 Å². The number of fused-ring (bicyclic) bond motifs is 2. The summed E-state index contributed by atoms with van der Waals surface area (Å²) in [4.78, 5) is 21.5. The molecule has 5 nitrogen and oxygen atoms in total. The highest BCUT2D eigenvalue weighted by Crippen LogP contribution is 2.35. The van der Waals surface area contributed by atoms with Gasteiger partial charge in [0.25, 0.3) is 0 Å². The maximum absolute atomic E-state index is 12.8. The van der Waals surface area contributed by atoms with Gasteiger partial charge in [-0.1, -0.05) is 38.0 Å². The lowest BCUT2D eigenvalue weighted by Gasteiger charge is -2.36. The Balaban J connectivity index is 1.09. The molecule has 0 saturated heterocycles. The molecule has 2 aliphatic carbocycles. The minimum atomic E-state index is 0.161. The number of aromatic nitrogens is 1. The minimum Gasteiger partial charge on any atom is -0.453 e. The normalized spacial score (nSPS) is 22.8. The van der Waals surface area contributed by atoms with Gasteiger partial charge in [0.15, 0.2) is 16.7 Å². The molecule has 1 saturated carbocycles. The number of nitrogen functional groups attached to an aromatic ring is 1. The Bertz CT molecular complexity index is 1080. The zero-order valence-corrected chi connectivity index (χ0v) is 21.1. The van der Waals surface area contributed by atoms with Gasteiger partial charge in [-0.15, -0.1) is 11.3 Å². The maximum Gasteiger partial charge on any atom is 0.198 e. The van der Waals surface area contributed by atoms with E-state index in [9.17, 15) is 4.79 Å². The molecule has 0 amide bonds. The van der Waals surface area contributed by atoms with Crippen LogP contribution in [-0.2, 0) is 12.8 Å². The lowest BCUT2D eigenvalue weighted by Crippen LogP contribution is -2.41. The molecule has 1 aromatic carbocycles. The first-order chi connectivity index (χ1) is 16.6. The topological polar surface area (TPSA) is 72.4 Å². The van der Waals surface area contributed by atoms with Crippen LogP contribution >= 0.6 is 11.3 Å². The van der Waals surface area contributed by atoms with Crippen molar-refractivity contribution in [3.63, 3.8) is 0 Å².